The minimum Gasteiger partial charge on any atom is -0.464 e. The van der Waals surface area contributed by atoms with E-state index in [2.05, 4.69) is 4.74 Å². The summed E-state index contributed by atoms with van der Waals surface area (Å²) in [4.78, 5) is 11.5. The molecular formula is C14H19FO3. The van der Waals surface area contributed by atoms with Crippen molar-refractivity contribution in [3.8, 4) is 0 Å². The van der Waals surface area contributed by atoms with E-state index in [1.807, 2.05) is 6.92 Å². The fraction of sp³-hybridized carbons (Fsp3) is 0.500. The van der Waals surface area contributed by atoms with E-state index in [1.54, 1.807) is 37.3 Å². The molecule has 0 spiro atoms. The lowest BCUT2D eigenvalue weighted by atomic mass is 9.85. The van der Waals surface area contributed by atoms with Gasteiger partial charge in [0.15, 0.2) is 0 Å². The van der Waals surface area contributed by atoms with Gasteiger partial charge < -0.3 is 9.84 Å². The van der Waals surface area contributed by atoms with E-state index >= 15 is 0 Å². The Kier molecular flexibility index (Phi) is 5.28. The molecule has 100 valence electrons. The summed E-state index contributed by atoms with van der Waals surface area (Å²) < 4.78 is 18.8. The third-order valence-corrected chi connectivity index (χ3v) is 2.82. The van der Waals surface area contributed by atoms with Crippen LogP contribution < -0.4 is 0 Å². The normalized spacial score (nSPS) is 15.8. The Balaban J connectivity index is 3.03. The van der Waals surface area contributed by atoms with E-state index in [0.29, 0.717) is 12.0 Å². The summed E-state index contributed by atoms with van der Waals surface area (Å²) in [5, 5.41) is 10.5. The zero-order valence-corrected chi connectivity index (χ0v) is 10.7. The van der Waals surface area contributed by atoms with Crippen LogP contribution in [0.5, 0.6) is 0 Å². The predicted molar refractivity (Wildman–Crippen MR) is 66.8 cm³/mol. The van der Waals surface area contributed by atoms with Crippen LogP contribution in [0.2, 0.25) is 0 Å². The molecule has 0 fully saturated rings. The highest BCUT2D eigenvalue weighted by atomic mass is 19.1. The smallest absolute Gasteiger partial charge is 0.344 e. The molecule has 1 rings (SSSR count). The van der Waals surface area contributed by atoms with E-state index in [0.717, 1.165) is 0 Å². The van der Waals surface area contributed by atoms with E-state index in [1.165, 1.54) is 0 Å². The van der Waals surface area contributed by atoms with Crippen LogP contribution in [0.15, 0.2) is 30.3 Å². The molecule has 0 saturated carbocycles. The van der Waals surface area contributed by atoms with Gasteiger partial charge in [0, 0.05) is 0 Å². The van der Waals surface area contributed by atoms with E-state index in [4.69, 9.17) is 0 Å². The first-order chi connectivity index (χ1) is 8.56. The number of rotatable bonds is 6. The van der Waals surface area contributed by atoms with Crippen LogP contribution in [0.4, 0.5) is 4.39 Å². The Hall–Kier alpha value is -1.42. The van der Waals surface area contributed by atoms with Gasteiger partial charge in [-0.3, -0.25) is 0 Å². The van der Waals surface area contributed by atoms with Crippen molar-refractivity contribution in [2.75, 3.05) is 6.61 Å². The number of halogens is 1. The third kappa shape index (κ3) is 3.07. The van der Waals surface area contributed by atoms with Gasteiger partial charge in [-0.15, -0.1) is 0 Å². The number of hydrogen-bond donors (Lipinski definition) is 1. The van der Waals surface area contributed by atoms with Crippen LogP contribution in [0.1, 0.15) is 32.3 Å². The van der Waals surface area contributed by atoms with Crippen LogP contribution in [-0.4, -0.2) is 23.9 Å². The molecule has 1 aromatic carbocycles. The number of carbonyl (C=O) groups excluding carboxylic acids is 1. The molecular weight excluding hydrogens is 235 g/mol. The topological polar surface area (TPSA) is 46.5 Å². The van der Waals surface area contributed by atoms with Crippen molar-refractivity contribution < 1.29 is 19.0 Å². The third-order valence-electron chi connectivity index (χ3n) is 2.82. The maximum atomic E-state index is 14.2. The summed E-state index contributed by atoms with van der Waals surface area (Å²) in [6.07, 6.45) is -1.35. The van der Waals surface area contributed by atoms with Gasteiger partial charge in [-0.2, -0.15) is 0 Å². The highest BCUT2D eigenvalue weighted by Crippen LogP contribution is 2.32. The SMILES string of the molecule is CCC[C@](O)(c1ccccc1)[C@@H](F)C(=O)OCC. The Bertz CT molecular complexity index is 380. The molecule has 0 aliphatic rings. The molecule has 0 saturated heterocycles. The fourth-order valence-electron chi connectivity index (χ4n) is 1.94. The monoisotopic (exact) mass is 254 g/mol. The maximum Gasteiger partial charge on any atom is 0.344 e. The highest BCUT2D eigenvalue weighted by Gasteiger charge is 2.43. The number of carbonyl (C=O) groups is 1. The molecule has 0 amide bonds. The number of benzene rings is 1. The summed E-state index contributed by atoms with van der Waals surface area (Å²) in [5.74, 6) is -1.02. The van der Waals surface area contributed by atoms with Crippen molar-refractivity contribution in [3.63, 3.8) is 0 Å². The molecule has 0 aliphatic heterocycles. The van der Waals surface area contributed by atoms with Crippen molar-refractivity contribution in [3.05, 3.63) is 35.9 Å². The summed E-state index contributed by atoms with van der Waals surface area (Å²) in [6, 6.07) is 8.40. The first kappa shape index (κ1) is 14.6. The summed E-state index contributed by atoms with van der Waals surface area (Å²) in [7, 11) is 0. The van der Waals surface area contributed by atoms with Crippen LogP contribution in [0.25, 0.3) is 0 Å². The van der Waals surface area contributed by atoms with Crippen molar-refractivity contribution in [2.45, 2.75) is 38.5 Å². The molecule has 0 heterocycles. The van der Waals surface area contributed by atoms with Gasteiger partial charge in [0.25, 0.3) is 0 Å². The Morgan fingerprint density at radius 1 is 1.39 bits per heavy atom. The average molecular weight is 254 g/mol. The molecule has 1 aromatic rings. The van der Waals surface area contributed by atoms with Crippen LogP contribution in [0, 0.1) is 0 Å². The Labute approximate surface area is 107 Å². The van der Waals surface area contributed by atoms with E-state index in [-0.39, 0.29) is 13.0 Å². The first-order valence-corrected chi connectivity index (χ1v) is 6.14. The number of esters is 1. The lowest BCUT2D eigenvalue weighted by molar-refractivity contribution is -0.162. The number of alkyl halides is 1. The largest absolute Gasteiger partial charge is 0.464 e. The van der Waals surface area contributed by atoms with Crippen LogP contribution in [0.3, 0.4) is 0 Å². The molecule has 0 radical (unpaired) electrons. The van der Waals surface area contributed by atoms with Crippen LogP contribution >= 0.6 is 0 Å². The molecule has 3 nitrogen and oxygen atoms in total. The Morgan fingerprint density at radius 2 is 2.00 bits per heavy atom. The number of hydrogen-bond acceptors (Lipinski definition) is 3. The summed E-state index contributed by atoms with van der Waals surface area (Å²) in [6.45, 7) is 3.52. The first-order valence-electron chi connectivity index (χ1n) is 6.14. The molecule has 18 heavy (non-hydrogen) atoms. The second kappa shape index (κ2) is 6.50. The molecule has 4 heteroatoms. The summed E-state index contributed by atoms with van der Waals surface area (Å²) in [5.41, 5.74) is -1.42. The summed E-state index contributed by atoms with van der Waals surface area (Å²) >= 11 is 0. The molecule has 0 bridgehead atoms. The van der Waals surface area contributed by atoms with Crippen LogP contribution in [-0.2, 0) is 15.1 Å². The quantitative estimate of drug-likeness (QED) is 0.794. The number of aliphatic hydroxyl groups is 1. The minimum atomic E-state index is -2.07. The average Bonchev–Trinajstić information content (AvgIpc) is 2.39. The lowest BCUT2D eigenvalue weighted by Crippen LogP contribution is -2.42. The van der Waals surface area contributed by atoms with Gasteiger partial charge in [-0.05, 0) is 18.9 Å². The molecule has 1 N–H and O–H groups in total. The predicted octanol–water partition coefficient (Wildman–Crippen LogP) is 2.58. The van der Waals surface area contributed by atoms with Gasteiger partial charge in [0.05, 0.1) is 6.61 Å². The molecule has 0 unspecified atom stereocenters. The molecule has 0 aromatic heterocycles. The van der Waals surface area contributed by atoms with E-state index < -0.39 is 17.7 Å². The maximum absolute atomic E-state index is 14.2. The number of ether oxygens (including phenoxy) is 1. The second-order valence-electron chi connectivity index (χ2n) is 4.15. The van der Waals surface area contributed by atoms with Crippen molar-refractivity contribution in [1.29, 1.82) is 0 Å². The fourth-order valence-corrected chi connectivity index (χ4v) is 1.94. The molecule has 2 atom stereocenters. The van der Waals surface area contributed by atoms with Gasteiger partial charge in [0.1, 0.15) is 5.60 Å². The minimum absolute atomic E-state index is 0.0935. The standard InChI is InChI=1S/C14H19FO3/c1-3-10-14(17,11-8-6-5-7-9-11)12(15)13(16)18-4-2/h5-9,12,17H,3-4,10H2,1-2H3/t12-,14-/m0/s1. The zero-order chi connectivity index (χ0) is 13.6. The van der Waals surface area contributed by atoms with Crippen molar-refractivity contribution in [2.24, 2.45) is 0 Å². The highest BCUT2D eigenvalue weighted by molar-refractivity contribution is 5.76. The lowest BCUT2D eigenvalue weighted by Gasteiger charge is -2.30. The second-order valence-corrected chi connectivity index (χ2v) is 4.15. The van der Waals surface area contributed by atoms with Gasteiger partial charge in [-0.1, -0.05) is 43.7 Å². The van der Waals surface area contributed by atoms with Gasteiger partial charge in [0.2, 0.25) is 6.17 Å². The Morgan fingerprint density at radius 3 is 2.50 bits per heavy atom. The van der Waals surface area contributed by atoms with Crippen molar-refractivity contribution >= 4 is 5.97 Å². The van der Waals surface area contributed by atoms with Gasteiger partial charge >= 0.3 is 5.97 Å². The molecule has 0 aliphatic carbocycles. The van der Waals surface area contributed by atoms with E-state index in [9.17, 15) is 14.3 Å². The zero-order valence-electron chi connectivity index (χ0n) is 10.7. The van der Waals surface area contributed by atoms with Gasteiger partial charge in [-0.25, -0.2) is 9.18 Å². The van der Waals surface area contributed by atoms with Crippen molar-refractivity contribution in [1.82, 2.24) is 0 Å².